The van der Waals surface area contributed by atoms with E-state index in [9.17, 15) is 0 Å². The van der Waals surface area contributed by atoms with Gasteiger partial charge in [0, 0.05) is 6.04 Å². The van der Waals surface area contributed by atoms with Crippen LogP contribution in [0.25, 0.3) is 0 Å². The van der Waals surface area contributed by atoms with Gasteiger partial charge in [-0.05, 0) is 49.9 Å². The van der Waals surface area contributed by atoms with Crippen LogP contribution in [0.2, 0.25) is 0 Å². The summed E-state index contributed by atoms with van der Waals surface area (Å²) in [5.41, 5.74) is 8.90. The monoisotopic (exact) mass is 188 g/mol. The first kappa shape index (κ1) is 10.7. The topological polar surface area (TPSA) is 49.8 Å². The molecule has 2 nitrogen and oxygen atoms in total. The largest absolute Gasteiger partial charge is 0.328 e. The highest BCUT2D eigenvalue weighted by molar-refractivity contribution is 5.37. The van der Waals surface area contributed by atoms with Gasteiger partial charge in [-0.1, -0.05) is 6.07 Å². The van der Waals surface area contributed by atoms with Gasteiger partial charge in [0.05, 0.1) is 11.6 Å². The number of nitrogens with zero attached hydrogens (tertiary/aromatic N) is 1. The van der Waals surface area contributed by atoms with E-state index in [1.807, 2.05) is 32.0 Å². The van der Waals surface area contributed by atoms with Crippen molar-refractivity contribution in [1.29, 1.82) is 5.26 Å². The van der Waals surface area contributed by atoms with Crippen molar-refractivity contribution >= 4 is 0 Å². The average molecular weight is 188 g/mol. The van der Waals surface area contributed by atoms with Crippen molar-refractivity contribution in [2.75, 3.05) is 0 Å². The first-order valence-electron chi connectivity index (χ1n) is 4.88. The van der Waals surface area contributed by atoms with Gasteiger partial charge in [-0.2, -0.15) is 5.26 Å². The Morgan fingerprint density at radius 2 is 2.21 bits per heavy atom. The molecule has 1 atom stereocenters. The predicted molar refractivity (Wildman–Crippen MR) is 57.9 cm³/mol. The Labute approximate surface area is 85.4 Å². The van der Waals surface area contributed by atoms with Crippen molar-refractivity contribution in [2.45, 2.75) is 32.7 Å². The number of hydrogen-bond donors (Lipinski definition) is 1. The van der Waals surface area contributed by atoms with Crippen LogP contribution in [0.15, 0.2) is 18.2 Å². The summed E-state index contributed by atoms with van der Waals surface area (Å²) in [5.74, 6) is 0. The zero-order valence-electron chi connectivity index (χ0n) is 8.75. The van der Waals surface area contributed by atoms with E-state index in [2.05, 4.69) is 6.07 Å². The fourth-order valence-electron chi connectivity index (χ4n) is 1.43. The van der Waals surface area contributed by atoms with Gasteiger partial charge in [-0.3, -0.25) is 0 Å². The second-order valence-electron chi connectivity index (χ2n) is 3.77. The van der Waals surface area contributed by atoms with Gasteiger partial charge in [-0.25, -0.2) is 0 Å². The molecule has 0 aliphatic rings. The number of aryl methyl sites for hydroxylation is 2. The third-order valence-electron chi connectivity index (χ3n) is 2.34. The summed E-state index contributed by atoms with van der Waals surface area (Å²) in [7, 11) is 0. The normalized spacial score (nSPS) is 12.1. The van der Waals surface area contributed by atoms with Crippen LogP contribution in [-0.4, -0.2) is 6.04 Å². The van der Waals surface area contributed by atoms with Crippen molar-refractivity contribution < 1.29 is 0 Å². The van der Waals surface area contributed by atoms with Gasteiger partial charge in [0.2, 0.25) is 0 Å². The van der Waals surface area contributed by atoms with Gasteiger partial charge in [-0.15, -0.1) is 0 Å². The molecule has 0 aromatic heterocycles. The minimum atomic E-state index is 0.241. The van der Waals surface area contributed by atoms with Crippen LogP contribution in [0.3, 0.4) is 0 Å². The molecule has 0 heterocycles. The van der Waals surface area contributed by atoms with Gasteiger partial charge in [0.15, 0.2) is 0 Å². The third-order valence-corrected chi connectivity index (χ3v) is 2.34. The molecule has 0 saturated carbocycles. The van der Waals surface area contributed by atoms with E-state index in [0.29, 0.717) is 0 Å². The van der Waals surface area contributed by atoms with Crippen molar-refractivity contribution in [3.05, 3.63) is 34.9 Å². The molecule has 14 heavy (non-hydrogen) atoms. The van der Waals surface area contributed by atoms with E-state index in [0.717, 1.165) is 18.4 Å². The highest BCUT2D eigenvalue weighted by Gasteiger charge is 2.01. The summed E-state index contributed by atoms with van der Waals surface area (Å²) in [5, 5.41) is 8.70. The van der Waals surface area contributed by atoms with Crippen molar-refractivity contribution in [2.24, 2.45) is 5.73 Å². The molecule has 1 aromatic carbocycles. The molecular weight excluding hydrogens is 172 g/mol. The van der Waals surface area contributed by atoms with Crippen molar-refractivity contribution in [1.82, 2.24) is 0 Å². The molecule has 0 fully saturated rings. The van der Waals surface area contributed by atoms with Crippen LogP contribution in [0, 0.1) is 18.3 Å². The molecule has 0 saturated heterocycles. The van der Waals surface area contributed by atoms with E-state index in [4.69, 9.17) is 11.0 Å². The lowest BCUT2D eigenvalue weighted by Crippen LogP contribution is -2.15. The molecule has 1 unspecified atom stereocenters. The maximum atomic E-state index is 8.70. The summed E-state index contributed by atoms with van der Waals surface area (Å²) >= 11 is 0. The second-order valence-corrected chi connectivity index (χ2v) is 3.77. The summed E-state index contributed by atoms with van der Waals surface area (Å²) in [6, 6.07) is 8.19. The Kier molecular flexibility index (Phi) is 3.67. The molecular formula is C12H16N2. The Bertz CT molecular complexity index is 348. The zero-order valence-corrected chi connectivity index (χ0v) is 8.75. The second kappa shape index (κ2) is 4.78. The number of benzene rings is 1. The molecule has 0 amide bonds. The lowest BCUT2D eigenvalue weighted by atomic mass is 10.00. The minimum Gasteiger partial charge on any atom is -0.328 e. The Morgan fingerprint density at radius 3 is 2.71 bits per heavy atom. The number of nitriles is 1. The summed E-state index contributed by atoms with van der Waals surface area (Å²) in [6.45, 7) is 4.05. The van der Waals surface area contributed by atoms with Crippen LogP contribution in [0.5, 0.6) is 0 Å². The third kappa shape index (κ3) is 2.86. The van der Waals surface area contributed by atoms with Crippen LogP contribution in [0.1, 0.15) is 30.0 Å². The molecule has 0 aliphatic carbocycles. The standard InChI is InChI=1S/C12H16N2/c1-9-7-11(8-13)4-6-12(9)5-3-10(2)14/h4,6-7,10H,3,5,14H2,1-2H3. The molecule has 0 bridgehead atoms. The maximum Gasteiger partial charge on any atom is 0.0991 e. The van der Waals surface area contributed by atoms with E-state index < -0.39 is 0 Å². The quantitative estimate of drug-likeness (QED) is 0.790. The molecule has 0 radical (unpaired) electrons. The smallest absolute Gasteiger partial charge is 0.0991 e. The lowest BCUT2D eigenvalue weighted by molar-refractivity contribution is 0.664. The Balaban J connectivity index is 2.75. The highest BCUT2D eigenvalue weighted by atomic mass is 14.6. The van der Waals surface area contributed by atoms with Crippen LogP contribution >= 0.6 is 0 Å². The zero-order chi connectivity index (χ0) is 10.6. The van der Waals surface area contributed by atoms with Crippen LogP contribution in [-0.2, 0) is 6.42 Å². The highest BCUT2D eigenvalue weighted by Crippen LogP contribution is 2.13. The van der Waals surface area contributed by atoms with E-state index >= 15 is 0 Å². The molecule has 74 valence electrons. The lowest BCUT2D eigenvalue weighted by Gasteiger charge is -2.07. The summed E-state index contributed by atoms with van der Waals surface area (Å²) in [4.78, 5) is 0. The molecule has 1 rings (SSSR count). The molecule has 2 heteroatoms. The number of nitrogens with two attached hydrogens (primary N) is 1. The minimum absolute atomic E-state index is 0.241. The molecule has 2 N–H and O–H groups in total. The summed E-state index contributed by atoms with van der Waals surface area (Å²) < 4.78 is 0. The van der Waals surface area contributed by atoms with Gasteiger partial charge in [0.1, 0.15) is 0 Å². The Hall–Kier alpha value is -1.33. The van der Waals surface area contributed by atoms with E-state index in [1.165, 1.54) is 11.1 Å². The molecule has 0 aliphatic heterocycles. The number of rotatable bonds is 3. The number of hydrogen-bond acceptors (Lipinski definition) is 2. The van der Waals surface area contributed by atoms with Gasteiger partial charge >= 0.3 is 0 Å². The fourth-order valence-corrected chi connectivity index (χ4v) is 1.43. The first-order chi connectivity index (χ1) is 6.63. The first-order valence-corrected chi connectivity index (χ1v) is 4.88. The van der Waals surface area contributed by atoms with Crippen LogP contribution in [0.4, 0.5) is 0 Å². The predicted octanol–water partition coefficient (Wildman–Crippen LogP) is 2.15. The molecule has 1 aromatic rings. The fraction of sp³-hybridized carbons (Fsp3) is 0.417. The van der Waals surface area contributed by atoms with Crippen molar-refractivity contribution in [3.63, 3.8) is 0 Å². The SMILES string of the molecule is Cc1cc(C#N)ccc1CCC(C)N. The van der Waals surface area contributed by atoms with Gasteiger partial charge < -0.3 is 5.73 Å². The maximum absolute atomic E-state index is 8.70. The van der Waals surface area contributed by atoms with Crippen LogP contribution < -0.4 is 5.73 Å². The Morgan fingerprint density at radius 1 is 1.50 bits per heavy atom. The van der Waals surface area contributed by atoms with Gasteiger partial charge in [0.25, 0.3) is 0 Å². The summed E-state index contributed by atoms with van der Waals surface area (Å²) in [6.07, 6.45) is 1.99. The van der Waals surface area contributed by atoms with Crippen molar-refractivity contribution in [3.8, 4) is 6.07 Å². The van der Waals surface area contributed by atoms with E-state index in [1.54, 1.807) is 0 Å². The average Bonchev–Trinajstić information content (AvgIpc) is 2.15. The molecule has 0 spiro atoms. The van der Waals surface area contributed by atoms with E-state index in [-0.39, 0.29) is 6.04 Å².